The summed E-state index contributed by atoms with van der Waals surface area (Å²) in [7, 11) is 10.4. The number of fused-ring (bicyclic) bond motifs is 15. The predicted molar refractivity (Wildman–Crippen MR) is 584 cm³/mol. The molecular formula is C129H113N10O5+5. The van der Waals surface area contributed by atoms with Gasteiger partial charge < -0.3 is 22.1 Å². The molecule has 0 atom stereocenters. The number of furan rings is 5. The average molecular weight is 1880 g/mol. The molecule has 144 heavy (non-hydrogen) atoms. The van der Waals surface area contributed by atoms with Crippen LogP contribution in [-0.4, -0.2) is 24.9 Å². The first kappa shape index (κ1) is 93.0. The first-order valence-corrected chi connectivity index (χ1v) is 49.0. The molecule has 15 heteroatoms. The van der Waals surface area contributed by atoms with Gasteiger partial charge in [-0.1, -0.05) is 200 Å². The van der Waals surface area contributed by atoms with Gasteiger partial charge in [0.2, 0.25) is 57.0 Å². The summed E-state index contributed by atoms with van der Waals surface area (Å²) in [5.74, 6) is 0. The highest BCUT2D eigenvalue weighted by molar-refractivity contribution is 6.14. The number of aromatic nitrogens is 10. The van der Waals surface area contributed by atoms with Gasteiger partial charge in [0.1, 0.15) is 35.2 Å². The first-order chi connectivity index (χ1) is 69.7. The topological polar surface area (TPSA) is 150 Å². The lowest BCUT2D eigenvalue weighted by molar-refractivity contribution is -0.660. The number of rotatable bonds is 10. The highest BCUT2D eigenvalue weighted by atomic mass is 16.4. The maximum Gasteiger partial charge on any atom is 0.227 e. The van der Waals surface area contributed by atoms with Crippen LogP contribution in [0.4, 0.5) is 0 Å². The maximum absolute atomic E-state index is 6.39. The Kier molecular flexibility index (Phi) is 24.8. The zero-order valence-corrected chi connectivity index (χ0v) is 84.8. The van der Waals surface area contributed by atoms with E-state index in [0.29, 0.717) is 28.6 Å². The molecule has 0 N–H and O–H groups in total. The second-order valence-corrected chi connectivity index (χ2v) is 38.4. The van der Waals surface area contributed by atoms with Crippen molar-refractivity contribution in [3.8, 4) is 112 Å². The fourth-order valence-electron chi connectivity index (χ4n) is 20.7. The van der Waals surface area contributed by atoms with Gasteiger partial charge in [-0.15, -0.1) is 0 Å². The standard InChI is InChI=1S/C27H25N2O.2C26H23N2O.2C25H21N2O/c1-16-13-17(2)25(26-24(16)21-12-11-19(4)28-27(21)30-26)23-14-22(18(3)15-29(23)5)20-9-7-6-8-10-20;1-16-10-12-20-21-13-11-18(3)27-26(21)29-25(20)24(16)23-14-22(17(2)15-28(23)4)19-8-6-5-7-9-19;1-16-14-17(2)24(25-23(16)21-11-10-18(3)27-26(21)29-25)22-15-20(12-13-28(22)4)19-8-6-5-7-9-19;2*1-16-9-11-20-21-12-10-17(2)26-25(21)28-24(20)23(16)22-15-19(13-14-27(22)3)18-7-5-4-6-8-18/h6-15H,1-5H3;2*5-15H,1-4H3;2*4-15H,1-3H3/q5*+1. The quantitative estimate of drug-likeness (QED) is 0.121. The van der Waals surface area contributed by atoms with E-state index in [-0.39, 0.29) is 0 Å². The smallest absolute Gasteiger partial charge is 0.227 e. The van der Waals surface area contributed by atoms with Crippen molar-refractivity contribution < 1.29 is 44.9 Å². The monoisotopic (exact) mass is 1880 g/mol. The van der Waals surface area contributed by atoms with E-state index in [9.17, 15) is 0 Å². The summed E-state index contributed by atoms with van der Waals surface area (Å²) in [6.07, 6.45) is 10.7. The zero-order chi connectivity index (χ0) is 99.7. The van der Waals surface area contributed by atoms with Gasteiger partial charge in [-0.2, -0.15) is 0 Å². The Morgan fingerprint density at radius 1 is 0.181 bits per heavy atom. The van der Waals surface area contributed by atoms with Crippen molar-refractivity contribution in [2.75, 3.05) is 0 Å². The molecule has 0 aliphatic rings. The van der Waals surface area contributed by atoms with Crippen LogP contribution < -0.4 is 22.8 Å². The van der Waals surface area contributed by atoms with Crippen LogP contribution in [-0.2, 0) is 35.2 Å². The molecule has 10 aromatic carbocycles. The Morgan fingerprint density at radius 3 is 0.701 bits per heavy atom. The summed E-state index contributed by atoms with van der Waals surface area (Å²) in [6, 6.07) is 108. The number of hydrogen-bond acceptors (Lipinski definition) is 10. The van der Waals surface area contributed by atoms with Crippen molar-refractivity contribution in [3.05, 3.63) is 419 Å². The van der Waals surface area contributed by atoms with Gasteiger partial charge in [-0.05, 0) is 252 Å². The van der Waals surface area contributed by atoms with Gasteiger partial charge in [0.15, 0.2) is 58.9 Å². The molecule has 0 saturated heterocycles. The lowest BCUT2D eigenvalue weighted by Crippen LogP contribution is -2.31. The Bertz CT molecular complexity index is 9150. The third-order valence-corrected chi connectivity index (χ3v) is 28.0. The Labute approximate surface area is 837 Å². The first-order valence-electron chi connectivity index (χ1n) is 49.0. The highest BCUT2D eigenvalue weighted by Crippen LogP contribution is 2.46. The lowest BCUT2D eigenvalue weighted by Gasteiger charge is -2.11. The number of hydrogen-bond donors (Lipinski definition) is 0. The summed E-state index contributed by atoms with van der Waals surface area (Å²) < 4.78 is 42.5. The van der Waals surface area contributed by atoms with Gasteiger partial charge in [0.25, 0.3) is 0 Å². The Hall–Kier alpha value is -17.3. The van der Waals surface area contributed by atoms with Crippen LogP contribution in [0.25, 0.3) is 222 Å². The molecule has 0 aliphatic heterocycles. The van der Waals surface area contributed by atoms with E-state index in [0.717, 1.165) is 167 Å². The summed E-state index contributed by atoms with van der Waals surface area (Å²) >= 11 is 0. The molecule has 0 amide bonds. The van der Waals surface area contributed by atoms with Crippen LogP contribution in [0.2, 0.25) is 0 Å². The zero-order valence-electron chi connectivity index (χ0n) is 84.8. The average Bonchev–Trinajstić information content (AvgIpc) is 1.56. The minimum absolute atomic E-state index is 0.698. The molecule has 0 fully saturated rings. The van der Waals surface area contributed by atoms with E-state index in [4.69, 9.17) is 22.1 Å². The van der Waals surface area contributed by atoms with E-state index >= 15 is 0 Å². The second-order valence-electron chi connectivity index (χ2n) is 38.4. The van der Waals surface area contributed by atoms with Crippen molar-refractivity contribution in [3.63, 3.8) is 0 Å². The van der Waals surface area contributed by atoms with Gasteiger partial charge in [0.05, 0.1) is 27.8 Å². The minimum atomic E-state index is 0.698. The van der Waals surface area contributed by atoms with Crippen LogP contribution in [0.5, 0.6) is 0 Å². The van der Waals surface area contributed by atoms with Crippen molar-refractivity contribution >= 4 is 110 Å². The number of benzene rings is 10. The highest BCUT2D eigenvalue weighted by Gasteiger charge is 2.31. The minimum Gasteiger partial charge on any atom is -0.437 e. The molecule has 0 aliphatic carbocycles. The van der Waals surface area contributed by atoms with Crippen LogP contribution >= 0.6 is 0 Å². The third-order valence-electron chi connectivity index (χ3n) is 28.0. The Morgan fingerprint density at radius 2 is 0.417 bits per heavy atom. The van der Waals surface area contributed by atoms with Crippen molar-refractivity contribution in [2.45, 2.75) is 96.9 Å². The predicted octanol–water partition coefficient (Wildman–Crippen LogP) is 30.0. The van der Waals surface area contributed by atoms with E-state index in [1.165, 1.54) is 106 Å². The summed E-state index contributed by atoms with van der Waals surface area (Å²) in [6.45, 7) is 29.3. The van der Waals surface area contributed by atoms with Crippen molar-refractivity contribution in [1.29, 1.82) is 0 Å². The molecule has 15 aromatic heterocycles. The fourth-order valence-corrected chi connectivity index (χ4v) is 20.7. The number of nitrogens with zero attached hydrogens (tertiary/aromatic N) is 10. The van der Waals surface area contributed by atoms with Crippen LogP contribution in [0, 0.1) is 96.9 Å². The molecule has 704 valence electrons. The number of aryl methyl sites for hydroxylation is 19. The molecule has 0 spiro atoms. The van der Waals surface area contributed by atoms with E-state index < -0.39 is 0 Å². The summed E-state index contributed by atoms with van der Waals surface area (Å²) in [5.41, 5.74) is 47.1. The van der Waals surface area contributed by atoms with Gasteiger partial charge in [-0.3, -0.25) is 0 Å². The van der Waals surface area contributed by atoms with Gasteiger partial charge >= 0.3 is 0 Å². The molecular weight excluding hydrogens is 1770 g/mol. The fraction of sp³-hybridized carbons (Fsp3) is 0.147. The van der Waals surface area contributed by atoms with E-state index in [1.54, 1.807) is 0 Å². The summed E-state index contributed by atoms with van der Waals surface area (Å²) in [4.78, 5) is 23.1. The van der Waals surface area contributed by atoms with Crippen molar-refractivity contribution in [1.82, 2.24) is 24.9 Å². The largest absolute Gasteiger partial charge is 0.437 e. The third kappa shape index (κ3) is 17.6. The molecule has 0 bridgehead atoms. The van der Waals surface area contributed by atoms with Crippen LogP contribution in [0.3, 0.4) is 0 Å². The van der Waals surface area contributed by atoms with E-state index in [1.807, 2.05) is 77.1 Å². The molecule has 15 heterocycles. The SMILES string of the molecule is Cc1ccc2c(n1)oc1c(-c3cc(-c4ccccc4)c(C)c[n+]3C)c(C)cc(C)c12.Cc1ccc2c(n1)oc1c(-c3cc(-c4ccccc4)c(C)c[n+]3C)c(C)ccc12.Cc1ccc2c(n1)oc1c(-c3cc(-c4ccccc4)cc[n+]3C)c(C)cc(C)c12.Cc1ccc2c(n1)oc1c(-c3cc(-c4ccccc4)cc[n+]3C)c(C)ccc12.Cc1ccc2c(n1)oc1c(-c3cc(-c4ccccc4)cc[n+]3C)c(C)ccc12. The molecule has 25 rings (SSSR count). The van der Waals surface area contributed by atoms with Gasteiger partial charge in [0, 0.05) is 142 Å². The second kappa shape index (κ2) is 38.4. The summed E-state index contributed by atoms with van der Waals surface area (Å²) in [5, 5.41) is 10.9. The normalized spacial score (nSPS) is 11.4. The Balaban J connectivity index is 0.000000106. The van der Waals surface area contributed by atoms with E-state index in [2.05, 4.69) is 443 Å². The molecule has 0 unspecified atom stereocenters. The lowest BCUT2D eigenvalue weighted by atomic mass is 9.94. The van der Waals surface area contributed by atoms with Crippen LogP contribution in [0.1, 0.15) is 78.5 Å². The molecule has 15 nitrogen and oxygen atoms in total. The maximum atomic E-state index is 6.39. The van der Waals surface area contributed by atoms with Gasteiger partial charge in [-0.25, -0.2) is 47.8 Å². The van der Waals surface area contributed by atoms with Crippen molar-refractivity contribution in [2.24, 2.45) is 35.2 Å². The molecule has 25 aromatic rings. The molecule has 0 saturated carbocycles. The molecule has 0 radical (unpaired) electrons. The number of pyridine rings is 10. The van der Waals surface area contributed by atoms with Crippen LogP contribution in [0.15, 0.2) is 362 Å².